The quantitative estimate of drug-likeness (QED) is 0.768. The molecule has 0 amide bonds. The van der Waals surface area contributed by atoms with Crippen LogP contribution in [0.4, 0.5) is 0 Å². The van der Waals surface area contributed by atoms with Crippen LogP contribution in [0.1, 0.15) is 18.1 Å². The summed E-state index contributed by atoms with van der Waals surface area (Å²) < 4.78 is 5.55. The van der Waals surface area contributed by atoms with Crippen molar-refractivity contribution in [1.29, 1.82) is 0 Å². The summed E-state index contributed by atoms with van der Waals surface area (Å²) in [6.07, 6.45) is 2.27. The summed E-state index contributed by atoms with van der Waals surface area (Å²) in [6, 6.07) is 9.69. The first-order valence-electron chi connectivity index (χ1n) is 5.40. The minimum Gasteiger partial charge on any atom is -0.464 e. The maximum Gasteiger partial charge on any atom is 0.191 e. The van der Waals surface area contributed by atoms with E-state index >= 15 is 0 Å². The van der Waals surface area contributed by atoms with Crippen molar-refractivity contribution in [3.05, 3.63) is 57.9 Å². The molecule has 0 bridgehead atoms. The van der Waals surface area contributed by atoms with Gasteiger partial charge in [-0.1, -0.05) is 37.3 Å². The summed E-state index contributed by atoms with van der Waals surface area (Å²) >= 11 is 0. The van der Waals surface area contributed by atoms with E-state index in [2.05, 4.69) is 0 Å². The van der Waals surface area contributed by atoms with Crippen LogP contribution in [0.25, 0.3) is 11.3 Å². The topological polar surface area (TPSA) is 30.2 Å². The average Bonchev–Trinajstić information content (AvgIpc) is 2.34. The Labute approximate surface area is 94.5 Å². The van der Waals surface area contributed by atoms with Crippen LogP contribution >= 0.6 is 0 Å². The van der Waals surface area contributed by atoms with E-state index in [-0.39, 0.29) is 5.43 Å². The van der Waals surface area contributed by atoms with Gasteiger partial charge in [-0.25, -0.2) is 0 Å². The van der Waals surface area contributed by atoms with Crippen LogP contribution < -0.4 is 5.43 Å². The number of hydrogen-bond donors (Lipinski definition) is 0. The van der Waals surface area contributed by atoms with Crippen LogP contribution in [0.2, 0.25) is 0 Å². The lowest BCUT2D eigenvalue weighted by molar-refractivity contribution is 0.551. The third-order valence-electron chi connectivity index (χ3n) is 2.71. The first-order valence-corrected chi connectivity index (χ1v) is 5.40. The predicted octanol–water partition coefficient (Wildman–Crippen LogP) is 3.18. The van der Waals surface area contributed by atoms with E-state index in [1.54, 1.807) is 6.26 Å². The lowest BCUT2D eigenvalue weighted by Gasteiger charge is -2.05. The average molecular weight is 214 g/mol. The van der Waals surface area contributed by atoms with Gasteiger partial charge in [-0.15, -0.1) is 0 Å². The van der Waals surface area contributed by atoms with Gasteiger partial charge in [-0.3, -0.25) is 4.79 Å². The van der Waals surface area contributed by atoms with E-state index in [0.717, 1.165) is 11.1 Å². The van der Waals surface area contributed by atoms with Crippen molar-refractivity contribution >= 4 is 0 Å². The molecule has 0 saturated carbocycles. The molecule has 16 heavy (non-hydrogen) atoms. The highest BCUT2D eigenvalue weighted by molar-refractivity contribution is 5.60. The Morgan fingerprint density at radius 2 is 1.88 bits per heavy atom. The predicted molar refractivity (Wildman–Crippen MR) is 64.5 cm³/mol. The molecule has 0 N–H and O–H groups in total. The molecule has 2 rings (SSSR count). The van der Waals surface area contributed by atoms with Gasteiger partial charge in [0.1, 0.15) is 5.76 Å². The van der Waals surface area contributed by atoms with Crippen LogP contribution in [-0.2, 0) is 6.42 Å². The molecular formula is C14H14O2. The molecule has 2 heteroatoms. The standard InChI is InChI=1S/C14H14O2/c1-3-11-9-16-14(10(2)13(11)15)12-7-5-4-6-8-12/h4-9H,3H2,1-2H3. The van der Waals surface area contributed by atoms with Gasteiger partial charge >= 0.3 is 0 Å². The summed E-state index contributed by atoms with van der Waals surface area (Å²) in [4.78, 5) is 11.9. The minimum atomic E-state index is 0.0904. The van der Waals surface area contributed by atoms with Gasteiger partial charge in [0.05, 0.1) is 6.26 Å². The van der Waals surface area contributed by atoms with E-state index in [1.165, 1.54) is 0 Å². The van der Waals surface area contributed by atoms with E-state index in [0.29, 0.717) is 17.7 Å². The SMILES string of the molecule is CCc1coc(-c2ccccc2)c(C)c1=O. The normalized spacial score (nSPS) is 10.4. The van der Waals surface area contributed by atoms with Gasteiger partial charge < -0.3 is 4.42 Å². The fraction of sp³-hybridized carbons (Fsp3) is 0.214. The number of aryl methyl sites for hydroxylation is 1. The molecule has 0 aliphatic rings. The summed E-state index contributed by atoms with van der Waals surface area (Å²) in [5.41, 5.74) is 2.45. The Bertz CT molecular complexity index is 538. The van der Waals surface area contributed by atoms with Crippen LogP contribution in [0.3, 0.4) is 0 Å². The second-order valence-electron chi connectivity index (χ2n) is 3.76. The lowest BCUT2D eigenvalue weighted by atomic mass is 10.1. The van der Waals surface area contributed by atoms with E-state index in [1.807, 2.05) is 44.2 Å². The van der Waals surface area contributed by atoms with Crippen LogP contribution in [-0.4, -0.2) is 0 Å². The minimum absolute atomic E-state index is 0.0904. The van der Waals surface area contributed by atoms with Gasteiger partial charge in [0.25, 0.3) is 0 Å². The zero-order valence-corrected chi connectivity index (χ0v) is 9.49. The summed E-state index contributed by atoms with van der Waals surface area (Å²) in [5.74, 6) is 0.669. The third kappa shape index (κ3) is 1.78. The van der Waals surface area contributed by atoms with E-state index in [4.69, 9.17) is 4.42 Å². The molecule has 82 valence electrons. The molecule has 0 fully saturated rings. The Balaban J connectivity index is 2.61. The highest BCUT2D eigenvalue weighted by atomic mass is 16.3. The van der Waals surface area contributed by atoms with Crippen molar-refractivity contribution in [3.63, 3.8) is 0 Å². The summed E-state index contributed by atoms with van der Waals surface area (Å²) in [7, 11) is 0. The first-order chi connectivity index (χ1) is 7.74. The lowest BCUT2D eigenvalue weighted by Crippen LogP contribution is -2.11. The van der Waals surface area contributed by atoms with Crippen molar-refractivity contribution in [1.82, 2.24) is 0 Å². The summed E-state index contributed by atoms with van der Waals surface area (Å²) in [6.45, 7) is 3.77. The zero-order valence-electron chi connectivity index (χ0n) is 9.49. The molecule has 0 aliphatic carbocycles. The molecule has 2 aromatic rings. The Morgan fingerprint density at radius 3 is 2.50 bits per heavy atom. The summed E-state index contributed by atoms with van der Waals surface area (Å²) in [5, 5.41) is 0. The van der Waals surface area contributed by atoms with Crippen molar-refractivity contribution in [2.24, 2.45) is 0 Å². The maximum absolute atomic E-state index is 11.9. The van der Waals surface area contributed by atoms with Crippen molar-refractivity contribution < 1.29 is 4.42 Å². The Morgan fingerprint density at radius 1 is 1.19 bits per heavy atom. The molecule has 0 atom stereocenters. The van der Waals surface area contributed by atoms with Crippen molar-refractivity contribution in [2.75, 3.05) is 0 Å². The molecular weight excluding hydrogens is 200 g/mol. The fourth-order valence-corrected chi connectivity index (χ4v) is 1.73. The second kappa shape index (κ2) is 4.35. The van der Waals surface area contributed by atoms with Crippen LogP contribution in [0, 0.1) is 6.92 Å². The van der Waals surface area contributed by atoms with Gasteiger partial charge in [0, 0.05) is 16.7 Å². The van der Waals surface area contributed by atoms with Gasteiger partial charge in [-0.2, -0.15) is 0 Å². The zero-order chi connectivity index (χ0) is 11.5. The molecule has 1 heterocycles. The second-order valence-corrected chi connectivity index (χ2v) is 3.76. The molecule has 0 spiro atoms. The molecule has 1 aromatic carbocycles. The number of rotatable bonds is 2. The van der Waals surface area contributed by atoms with Crippen LogP contribution in [0.5, 0.6) is 0 Å². The van der Waals surface area contributed by atoms with Gasteiger partial charge in [0.15, 0.2) is 5.43 Å². The Hall–Kier alpha value is -1.83. The molecule has 0 unspecified atom stereocenters. The van der Waals surface area contributed by atoms with E-state index < -0.39 is 0 Å². The number of hydrogen-bond acceptors (Lipinski definition) is 2. The van der Waals surface area contributed by atoms with Crippen molar-refractivity contribution in [3.8, 4) is 11.3 Å². The highest BCUT2D eigenvalue weighted by Gasteiger charge is 2.09. The molecule has 2 nitrogen and oxygen atoms in total. The largest absolute Gasteiger partial charge is 0.464 e. The van der Waals surface area contributed by atoms with Crippen molar-refractivity contribution in [2.45, 2.75) is 20.3 Å². The molecule has 0 aliphatic heterocycles. The number of benzene rings is 1. The molecule has 1 aromatic heterocycles. The van der Waals surface area contributed by atoms with Crippen LogP contribution in [0.15, 0.2) is 45.8 Å². The monoisotopic (exact) mass is 214 g/mol. The molecule has 0 radical (unpaired) electrons. The fourth-order valence-electron chi connectivity index (χ4n) is 1.73. The van der Waals surface area contributed by atoms with Gasteiger partial charge in [0.2, 0.25) is 0 Å². The van der Waals surface area contributed by atoms with Gasteiger partial charge in [-0.05, 0) is 13.3 Å². The third-order valence-corrected chi connectivity index (χ3v) is 2.71. The first kappa shape index (κ1) is 10.7. The van der Waals surface area contributed by atoms with E-state index in [9.17, 15) is 4.79 Å². The maximum atomic E-state index is 11.9. The molecule has 0 saturated heterocycles. The highest BCUT2D eigenvalue weighted by Crippen LogP contribution is 2.21. The smallest absolute Gasteiger partial charge is 0.191 e. The Kier molecular flexibility index (Phi) is 2.91.